The number of quaternary nitrogens is 1. The number of likely N-dealkylation sites (N-methyl/N-ethyl adjacent to an activating group) is 1. The van der Waals surface area contributed by atoms with E-state index < -0.39 is 10.0 Å². The number of hydrogen-bond donors (Lipinski definition) is 2. The van der Waals surface area contributed by atoms with Crippen LogP contribution >= 0.6 is 0 Å². The largest absolute Gasteiger partial charge is 0.494 e. The van der Waals surface area contributed by atoms with Crippen molar-refractivity contribution in [2.75, 3.05) is 39.8 Å². The number of carbonyl (C=O) groups is 1. The van der Waals surface area contributed by atoms with Gasteiger partial charge in [0.05, 0.1) is 37.7 Å². The molecule has 0 aromatic heterocycles. The number of hydrogen-bond acceptors (Lipinski definition) is 4. The Hall–Kier alpha value is -1.64. The molecule has 0 radical (unpaired) electrons. The first-order valence-corrected chi connectivity index (χ1v) is 9.63. The van der Waals surface area contributed by atoms with Crippen LogP contribution in [0.4, 0.5) is 0 Å². The fourth-order valence-electron chi connectivity index (χ4n) is 2.87. The van der Waals surface area contributed by atoms with Crippen molar-refractivity contribution < 1.29 is 22.8 Å². The Kier molecular flexibility index (Phi) is 6.20. The quantitative estimate of drug-likeness (QED) is 0.693. The van der Waals surface area contributed by atoms with Gasteiger partial charge in [0.1, 0.15) is 5.75 Å². The average Bonchev–Trinajstić information content (AvgIpc) is 2.61. The molecule has 0 saturated carbocycles. The molecule has 0 spiro atoms. The molecule has 1 aromatic carbocycles. The smallest absolute Gasteiger partial charge is 0.277 e. The summed E-state index contributed by atoms with van der Waals surface area (Å²) < 4.78 is 32.3. The molecule has 8 heteroatoms. The molecule has 1 amide bonds. The summed E-state index contributed by atoms with van der Waals surface area (Å²) in [6.45, 7) is 6.34. The van der Waals surface area contributed by atoms with E-state index in [1.165, 1.54) is 4.31 Å². The molecule has 1 atom stereocenters. The van der Waals surface area contributed by atoms with Gasteiger partial charge >= 0.3 is 0 Å². The van der Waals surface area contributed by atoms with Crippen LogP contribution in [0.3, 0.4) is 0 Å². The van der Waals surface area contributed by atoms with Gasteiger partial charge in [0.15, 0.2) is 6.04 Å². The lowest BCUT2D eigenvalue weighted by Gasteiger charge is -2.34. The number of benzene rings is 1. The van der Waals surface area contributed by atoms with Gasteiger partial charge in [0.2, 0.25) is 10.0 Å². The third kappa shape index (κ3) is 4.06. The second kappa shape index (κ2) is 7.96. The van der Waals surface area contributed by atoms with Gasteiger partial charge in [-0.1, -0.05) is 0 Å². The van der Waals surface area contributed by atoms with Crippen molar-refractivity contribution in [3.05, 3.63) is 24.3 Å². The highest BCUT2D eigenvalue weighted by Crippen LogP contribution is 2.19. The summed E-state index contributed by atoms with van der Waals surface area (Å²) in [5.74, 6) is 0.637. The summed E-state index contributed by atoms with van der Waals surface area (Å²) in [6, 6.07) is 6.32. The van der Waals surface area contributed by atoms with Gasteiger partial charge in [-0.3, -0.25) is 4.79 Å². The number of sulfonamides is 1. The summed E-state index contributed by atoms with van der Waals surface area (Å²) in [5.41, 5.74) is 0. The molecule has 1 saturated heterocycles. The van der Waals surface area contributed by atoms with E-state index in [9.17, 15) is 13.2 Å². The van der Waals surface area contributed by atoms with Crippen LogP contribution in [0.25, 0.3) is 0 Å². The second-order valence-electron chi connectivity index (χ2n) is 5.80. The highest BCUT2D eigenvalue weighted by atomic mass is 32.2. The molecule has 1 aliphatic rings. The van der Waals surface area contributed by atoms with Crippen molar-refractivity contribution in [1.29, 1.82) is 0 Å². The predicted molar refractivity (Wildman–Crippen MR) is 90.6 cm³/mol. The summed E-state index contributed by atoms with van der Waals surface area (Å²) in [6.07, 6.45) is 0. The van der Waals surface area contributed by atoms with Gasteiger partial charge in [0, 0.05) is 7.05 Å². The molecule has 0 aliphatic carbocycles. The predicted octanol–water partition coefficient (Wildman–Crippen LogP) is -0.891. The number of nitrogens with zero attached hydrogens (tertiary/aromatic N) is 1. The van der Waals surface area contributed by atoms with Gasteiger partial charge < -0.3 is 15.0 Å². The minimum absolute atomic E-state index is 0.0205. The SMILES string of the molecule is CCOc1ccc(S(=O)(=O)N2CC[NH+]([C@H](C)C(=O)NC)CC2)cc1. The van der Waals surface area contributed by atoms with Crippen molar-refractivity contribution in [1.82, 2.24) is 9.62 Å². The van der Waals surface area contributed by atoms with Crippen LogP contribution in [-0.2, 0) is 14.8 Å². The van der Waals surface area contributed by atoms with Crippen LogP contribution in [0.15, 0.2) is 29.2 Å². The third-order valence-electron chi connectivity index (χ3n) is 4.39. The molecule has 2 N–H and O–H groups in total. The highest BCUT2D eigenvalue weighted by Gasteiger charge is 2.34. The lowest BCUT2D eigenvalue weighted by atomic mass is 10.2. The summed E-state index contributed by atoms with van der Waals surface area (Å²) in [7, 11) is -1.89. The van der Waals surface area contributed by atoms with Crippen LogP contribution in [0.5, 0.6) is 5.75 Å². The number of carbonyl (C=O) groups excluding carboxylic acids is 1. The van der Waals surface area contributed by atoms with Crippen molar-refractivity contribution in [3.63, 3.8) is 0 Å². The molecule has 0 unspecified atom stereocenters. The van der Waals surface area contributed by atoms with E-state index in [1.807, 2.05) is 13.8 Å². The first kappa shape index (κ1) is 18.7. The fraction of sp³-hybridized carbons (Fsp3) is 0.562. The van der Waals surface area contributed by atoms with E-state index in [2.05, 4.69) is 5.32 Å². The standard InChI is InChI=1S/C16H25N3O4S/c1-4-23-14-5-7-15(8-6-14)24(21,22)19-11-9-18(10-12-19)13(2)16(20)17-3/h5-8,13H,4,9-12H2,1-3H3,(H,17,20)/p+1/t13-/m1/s1. The molecular weight excluding hydrogens is 330 g/mol. The Morgan fingerprint density at radius 2 is 1.88 bits per heavy atom. The summed E-state index contributed by atoms with van der Waals surface area (Å²) in [5, 5.41) is 2.64. The third-order valence-corrected chi connectivity index (χ3v) is 6.30. The van der Waals surface area contributed by atoms with E-state index in [1.54, 1.807) is 31.3 Å². The van der Waals surface area contributed by atoms with Crippen LogP contribution in [-0.4, -0.2) is 64.5 Å². The molecule has 0 bridgehead atoms. The van der Waals surface area contributed by atoms with E-state index in [4.69, 9.17) is 4.74 Å². The first-order valence-electron chi connectivity index (χ1n) is 8.19. The Balaban J connectivity index is 2.03. The van der Waals surface area contributed by atoms with Crippen molar-refractivity contribution in [3.8, 4) is 5.75 Å². The molecule has 24 heavy (non-hydrogen) atoms. The molecule has 1 aromatic rings. The molecule has 134 valence electrons. The maximum atomic E-state index is 12.7. The first-order chi connectivity index (χ1) is 11.4. The van der Waals surface area contributed by atoms with Crippen molar-refractivity contribution in [2.45, 2.75) is 24.8 Å². The fourth-order valence-corrected chi connectivity index (χ4v) is 4.31. The number of nitrogens with one attached hydrogen (secondary N) is 2. The van der Waals surface area contributed by atoms with Crippen LogP contribution in [0.1, 0.15) is 13.8 Å². The zero-order valence-electron chi connectivity index (χ0n) is 14.4. The number of amides is 1. The molecule has 1 aliphatic heterocycles. The Labute approximate surface area is 143 Å². The van der Waals surface area contributed by atoms with E-state index in [-0.39, 0.29) is 16.8 Å². The molecular formula is C16H26N3O4S+. The van der Waals surface area contributed by atoms with Gasteiger partial charge in [-0.2, -0.15) is 4.31 Å². The average molecular weight is 356 g/mol. The normalized spacial score (nSPS) is 18.1. The van der Waals surface area contributed by atoms with E-state index >= 15 is 0 Å². The maximum absolute atomic E-state index is 12.7. The topological polar surface area (TPSA) is 80.2 Å². The zero-order chi connectivity index (χ0) is 17.7. The van der Waals surface area contributed by atoms with Gasteiger partial charge in [-0.15, -0.1) is 0 Å². The van der Waals surface area contributed by atoms with Gasteiger partial charge in [-0.05, 0) is 38.1 Å². The van der Waals surface area contributed by atoms with Crippen LogP contribution in [0.2, 0.25) is 0 Å². The molecule has 7 nitrogen and oxygen atoms in total. The van der Waals surface area contributed by atoms with Crippen molar-refractivity contribution >= 4 is 15.9 Å². The summed E-state index contributed by atoms with van der Waals surface area (Å²) >= 11 is 0. The summed E-state index contributed by atoms with van der Waals surface area (Å²) in [4.78, 5) is 13.1. The zero-order valence-corrected chi connectivity index (χ0v) is 15.2. The number of piperazine rings is 1. The Morgan fingerprint density at radius 3 is 2.38 bits per heavy atom. The minimum Gasteiger partial charge on any atom is -0.494 e. The lowest BCUT2D eigenvalue weighted by Crippen LogP contribution is -3.19. The van der Waals surface area contributed by atoms with Crippen molar-refractivity contribution in [2.24, 2.45) is 0 Å². The molecule has 1 heterocycles. The van der Waals surface area contributed by atoms with E-state index in [0.717, 1.165) is 4.90 Å². The maximum Gasteiger partial charge on any atom is 0.277 e. The minimum atomic E-state index is -3.50. The van der Waals surface area contributed by atoms with Gasteiger partial charge in [-0.25, -0.2) is 8.42 Å². The molecule has 2 rings (SSSR count). The van der Waals surface area contributed by atoms with Gasteiger partial charge in [0.25, 0.3) is 5.91 Å². The lowest BCUT2D eigenvalue weighted by molar-refractivity contribution is -0.917. The van der Waals surface area contributed by atoms with E-state index in [0.29, 0.717) is 38.5 Å². The number of rotatable bonds is 6. The Morgan fingerprint density at radius 1 is 1.29 bits per heavy atom. The monoisotopic (exact) mass is 356 g/mol. The molecule has 1 fully saturated rings. The Bertz CT molecular complexity index is 652. The number of ether oxygens (including phenoxy) is 1. The highest BCUT2D eigenvalue weighted by molar-refractivity contribution is 7.89. The van der Waals surface area contributed by atoms with Crippen LogP contribution in [0, 0.1) is 0 Å². The second-order valence-corrected chi connectivity index (χ2v) is 7.74. The van der Waals surface area contributed by atoms with Crippen LogP contribution < -0.4 is 15.0 Å².